The highest BCUT2D eigenvalue weighted by Gasteiger charge is 2.43. The Hall–Kier alpha value is -10.5. The number of likely N-dealkylation sites (tertiary alicyclic amines) is 2. The quantitative estimate of drug-likeness (QED) is 0.0353. The minimum absolute atomic E-state index is 0.0218. The highest BCUT2D eigenvalue weighted by atomic mass is 79.9. The summed E-state index contributed by atoms with van der Waals surface area (Å²) in [7, 11) is 5.07. The number of hydrogen-bond acceptors (Lipinski definition) is 15. The van der Waals surface area contributed by atoms with Crippen molar-refractivity contribution < 1.29 is 52.3 Å². The van der Waals surface area contributed by atoms with Gasteiger partial charge in [0, 0.05) is 185 Å². The number of piperidine rings is 4. The average Bonchev–Trinajstić information content (AvgIpc) is 1.68. The molecule has 0 radical (unpaired) electrons. The Balaban J connectivity index is 0.000000135. The molecule has 740 valence electrons. The number of halogens is 5. The van der Waals surface area contributed by atoms with E-state index in [2.05, 4.69) is 92.1 Å². The molecule has 13 aromatic rings. The fourth-order valence-corrected chi connectivity index (χ4v) is 22.5. The monoisotopic (exact) mass is 2040 g/mol. The molecule has 0 spiro atoms. The number of Topliss-reactive ketones (excluding diaryl/α,β-unsaturated/α-hetero) is 1. The van der Waals surface area contributed by atoms with E-state index < -0.39 is 0 Å². The van der Waals surface area contributed by atoms with E-state index in [1.165, 1.54) is 25.7 Å². The van der Waals surface area contributed by atoms with E-state index in [9.17, 15) is 19.2 Å². The highest BCUT2D eigenvalue weighted by molar-refractivity contribution is 9.10. The summed E-state index contributed by atoms with van der Waals surface area (Å²) in [4.78, 5) is 61.7. The number of nitrogens with one attached hydrogen (secondary N) is 2. The lowest BCUT2D eigenvalue weighted by molar-refractivity contribution is 0.0480. The molecule has 6 saturated heterocycles. The number of aromatic nitrogens is 4. The minimum Gasteiger partial charge on any atom is -0.495 e. The van der Waals surface area contributed by atoms with Crippen LogP contribution in [0.4, 0.5) is 0 Å². The van der Waals surface area contributed by atoms with Gasteiger partial charge < -0.3 is 71.9 Å². The van der Waals surface area contributed by atoms with Crippen molar-refractivity contribution in [3.8, 4) is 40.2 Å². The van der Waals surface area contributed by atoms with Crippen molar-refractivity contribution in [1.29, 1.82) is 0 Å². The first-order chi connectivity index (χ1) is 68.0. The summed E-state index contributed by atoms with van der Waals surface area (Å²) in [6.07, 6.45) is 26.3. The van der Waals surface area contributed by atoms with Gasteiger partial charge in [-0.05, 0) is 260 Å². The third-order valence-electron chi connectivity index (χ3n) is 28.2. The van der Waals surface area contributed by atoms with Crippen LogP contribution in [0.1, 0.15) is 184 Å². The molecule has 4 unspecified atom stereocenters. The first-order valence-electron chi connectivity index (χ1n) is 50.1. The maximum atomic E-state index is 13.3. The number of ether oxygens (including phenoxy) is 7. The van der Waals surface area contributed by atoms with Gasteiger partial charge in [-0.1, -0.05) is 165 Å². The zero-order valence-corrected chi connectivity index (χ0v) is 86.4. The summed E-state index contributed by atoms with van der Waals surface area (Å²) in [6, 6.07) is 66.2. The minimum atomic E-state index is -0.0238. The lowest BCUT2D eigenvalue weighted by Crippen LogP contribution is -2.46. The molecule has 9 aromatic carbocycles. The molecule has 6 aliphatic heterocycles. The molecule has 2 amide bonds. The third-order valence-corrected chi connectivity index (χ3v) is 29.9. The van der Waals surface area contributed by atoms with Crippen LogP contribution in [-0.4, -0.2) is 197 Å². The number of amides is 2. The summed E-state index contributed by atoms with van der Waals surface area (Å²) < 4.78 is 51.7. The van der Waals surface area contributed by atoms with Gasteiger partial charge in [0.25, 0.3) is 11.8 Å². The second-order valence-corrected chi connectivity index (χ2v) is 41.4. The summed E-state index contributed by atoms with van der Waals surface area (Å²) >= 11 is 27.9. The molecular weight excluding hydrogens is 1910 g/mol. The van der Waals surface area contributed by atoms with E-state index in [1.54, 1.807) is 28.3 Å². The Kier molecular flexibility index (Phi) is 35.8. The van der Waals surface area contributed by atoms with Gasteiger partial charge in [0.2, 0.25) is 0 Å². The number of ketones is 2. The Morgan fingerprint density at radius 1 is 0.357 bits per heavy atom. The van der Waals surface area contributed by atoms with Gasteiger partial charge in [0.05, 0.1) is 59.5 Å². The van der Waals surface area contributed by atoms with Crippen LogP contribution in [0, 0.1) is 11.8 Å². The first kappa shape index (κ1) is 102. The second kappa shape index (κ2) is 49.0. The molecule has 0 aliphatic carbocycles. The van der Waals surface area contributed by atoms with Gasteiger partial charge in [0.15, 0.2) is 11.6 Å². The second-order valence-electron chi connectivity index (χ2n) is 38.8. The number of hydrogen-bond donors (Lipinski definition) is 2. The van der Waals surface area contributed by atoms with E-state index in [0.29, 0.717) is 65.2 Å². The molecule has 0 saturated carbocycles. The predicted octanol–water partition coefficient (Wildman–Crippen LogP) is 25.0. The molecule has 2 N–H and O–H groups in total. The number of fused-ring (bicyclic) bond motifs is 8. The van der Waals surface area contributed by atoms with Crippen LogP contribution in [0.25, 0.3) is 43.6 Å². The number of carbonyl (C=O) groups excluding carboxylic acids is 4. The average molecular weight is 2040 g/mol. The van der Waals surface area contributed by atoms with Crippen molar-refractivity contribution in [2.45, 2.75) is 212 Å². The van der Waals surface area contributed by atoms with Crippen molar-refractivity contribution in [3.05, 3.63) is 277 Å². The summed E-state index contributed by atoms with van der Waals surface area (Å²) in [6.45, 7) is 23.0. The number of para-hydroxylation sites is 5. The number of nitrogens with zero attached hydrogens (tertiary/aromatic N) is 8. The van der Waals surface area contributed by atoms with Crippen LogP contribution in [-0.2, 0) is 26.2 Å². The first-order valence-corrected chi connectivity index (χ1v) is 52.4. The largest absolute Gasteiger partial charge is 0.495 e. The number of methoxy groups -OCH3 is 3. The highest BCUT2D eigenvalue weighted by Crippen LogP contribution is 2.43. The molecule has 21 nitrogen and oxygen atoms in total. The summed E-state index contributed by atoms with van der Waals surface area (Å²) in [5, 5.41) is 12.9. The Bertz CT molecular complexity index is 6280. The van der Waals surface area contributed by atoms with Crippen LogP contribution < -0.4 is 43.8 Å². The molecule has 26 heteroatoms. The molecule has 6 fully saturated rings. The molecular formula is C114H133BrCl4N10O11. The lowest BCUT2D eigenvalue weighted by atomic mass is 9.99. The van der Waals surface area contributed by atoms with Crippen LogP contribution in [0.15, 0.2) is 229 Å². The Morgan fingerprint density at radius 2 is 0.693 bits per heavy atom. The summed E-state index contributed by atoms with van der Waals surface area (Å²) in [5.74, 6) is 6.79. The maximum Gasteiger partial charge on any atom is 0.253 e. The van der Waals surface area contributed by atoms with Gasteiger partial charge in [-0.15, -0.1) is 0 Å². The van der Waals surface area contributed by atoms with Gasteiger partial charge in [-0.2, -0.15) is 0 Å². The summed E-state index contributed by atoms with van der Waals surface area (Å²) in [5.41, 5.74) is 7.73. The van der Waals surface area contributed by atoms with Crippen molar-refractivity contribution in [3.63, 3.8) is 0 Å². The van der Waals surface area contributed by atoms with E-state index in [-0.39, 0.29) is 47.8 Å². The van der Waals surface area contributed by atoms with Gasteiger partial charge in [-0.25, -0.2) is 0 Å². The number of aryl methyl sites for hydroxylation is 4. The zero-order chi connectivity index (χ0) is 97.9. The normalized spacial score (nSPS) is 18.5. The Morgan fingerprint density at radius 3 is 1.09 bits per heavy atom. The fraction of sp³-hybridized carbons (Fsp3) is 0.421. The fourth-order valence-electron chi connectivity index (χ4n) is 21.3. The van der Waals surface area contributed by atoms with Crippen LogP contribution in [0.3, 0.4) is 0 Å². The Labute approximate surface area is 852 Å². The molecule has 19 rings (SSSR count). The SMILES string of the molecule is CC(=O)c1cn(CCCN2CCC(Oc3ccc(Cl)cc3)CC2)c2c(Br)cccc12.COc1cccc2c(C(=O)NCC(C)C)cn(CCCN3C4CCC3CC(Oc3ccc(Cl)cc3)C4)c12.COc1cccc2c(C(=O)NCC(C)C)cn(CCCN3C4CCC3CC(Oc3ccccc3Cl)C4)c12.COc1cccc2c(C(=O)c3ccccc3)cn(CCCN3CCC(Oc4ccc(Cl)cc4)CC3)c12. The zero-order valence-electron chi connectivity index (χ0n) is 81.8. The standard InChI is InChI=1S/2C30H38ClN3O3.C30H31ClN2O3.C24H26BrClN2O2/c1-20(2)18-32-30(35)27-19-33(29-26(27)6-4-7-28(29)36-3)14-5-15-34-22-10-11-23(34)17-25(16-22)37-24-12-8-21(31)9-13-24;1-20(2)18-32-30(35)25-19-33(29-24(25)8-6-11-28(29)36-3)14-7-15-34-21-12-13-22(34)17-23(16-21)37-27-10-5-4-9-26(27)31;1-35-28-10-5-9-26-27(30(34)22-7-3-2-4-8-22)21-33(29(26)28)18-6-17-32-19-15-25(16-20-32)36-24-13-11-23(31)12-14-24;1-17(29)22-16-28(24-21(22)4-2-5-23(24)25)13-3-12-27-14-10-20(11-15-27)30-19-8-6-18(26)7-9-19/h4,6-9,12-13,19-20,22-23,25H,5,10-11,14-18H2,1-3H3,(H,32,35);4-6,8-11,19-23H,7,12-18H2,1-3H3,(H,32,35);2-5,7-14,21,25H,6,15-20H2,1H3;2,4-9,16,20H,3,10-15H2,1H3. The van der Waals surface area contributed by atoms with E-state index in [1.807, 2.05) is 225 Å². The molecule has 4 bridgehead atoms. The van der Waals surface area contributed by atoms with Gasteiger partial charge in [0.1, 0.15) is 64.7 Å². The lowest BCUT2D eigenvalue weighted by Gasteiger charge is -2.39. The maximum absolute atomic E-state index is 13.3. The topological polar surface area (TPSA) is 190 Å². The van der Waals surface area contributed by atoms with Crippen molar-refractivity contribution in [2.24, 2.45) is 11.8 Å². The van der Waals surface area contributed by atoms with Crippen LogP contribution in [0.2, 0.25) is 20.1 Å². The van der Waals surface area contributed by atoms with Crippen molar-refractivity contribution in [2.75, 3.05) is 86.8 Å². The number of carbonyl (C=O) groups is 4. The molecule has 140 heavy (non-hydrogen) atoms. The van der Waals surface area contributed by atoms with Gasteiger partial charge in [-0.3, -0.25) is 29.0 Å². The third kappa shape index (κ3) is 25.9. The number of rotatable bonds is 36. The molecule has 4 atom stereocenters. The smallest absolute Gasteiger partial charge is 0.253 e. The molecule has 6 aliphatic rings. The molecule has 10 heterocycles. The van der Waals surface area contributed by atoms with Crippen LogP contribution >= 0.6 is 62.3 Å². The van der Waals surface area contributed by atoms with Crippen LogP contribution in [0.5, 0.6) is 40.2 Å². The van der Waals surface area contributed by atoms with E-state index >= 15 is 0 Å². The van der Waals surface area contributed by atoms with Gasteiger partial charge >= 0.3 is 0 Å². The van der Waals surface area contributed by atoms with E-state index in [0.717, 1.165) is 276 Å². The molecule has 4 aromatic heterocycles. The van der Waals surface area contributed by atoms with Crippen molar-refractivity contribution >= 4 is 129 Å². The number of benzene rings is 9. The van der Waals surface area contributed by atoms with E-state index in [4.69, 9.17) is 79.6 Å². The predicted molar refractivity (Wildman–Crippen MR) is 568 cm³/mol. The van der Waals surface area contributed by atoms with Crippen molar-refractivity contribution in [1.82, 2.24) is 48.5 Å².